The molecule has 0 aromatic heterocycles. The molecule has 0 aliphatic heterocycles. The Balaban J connectivity index is 2.52. The van der Waals surface area contributed by atoms with Crippen molar-refractivity contribution in [2.45, 2.75) is 39.5 Å². The van der Waals surface area contributed by atoms with Crippen LogP contribution in [0.3, 0.4) is 0 Å². The third-order valence-corrected chi connectivity index (χ3v) is 3.92. The number of halogens is 1. The number of esters is 1. The maximum absolute atomic E-state index is 11.9. The quantitative estimate of drug-likeness (QED) is 0.596. The average molecular weight is 328 g/mol. The molecule has 0 saturated carbocycles. The first kappa shape index (κ1) is 16.0. The van der Waals surface area contributed by atoms with E-state index in [0.717, 1.165) is 17.3 Å². The van der Waals surface area contributed by atoms with Crippen molar-refractivity contribution in [2.24, 2.45) is 5.92 Å². The first-order valence-electron chi connectivity index (χ1n) is 6.80. The Hall–Kier alpha value is -1.03. The van der Waals surface area contributed by atoms with Crippen LogP contribution in [0.5, 0.6) is 0 Å². The van der Waals surface area contributed by atoms with E-state index >= 15 is 0 Å². The number of rotatable bonds is 7. The first-order valence-corrected chi connectivity index (χ1v) is 7.59. The topological polar surface area (TPSA) is 52.3 Å². The fraction of sp³-hybridized carbons (Fsp3) is 0.533. The molecule has 1 aromatic rings. The van der Waals surface area contributed by atoms with Gasteiger partial charge in [-0.3, -0.25) is 0 Å². The lowest BCUT2D eigenvalue weighted by molar-refractivity contribution is 0.0428. The van der Waals surface area contributed by atoms with Gasteiger partial charge in [-0.1, -0.05) is 33.1 Å². The van der Waals surface area contributed by atoms with Crippen LogP contribution in [0.25, 0.3) is 0 Å². The van der Waals surface area contributed by atoms with Crippen LogP contribution in [0.4, 0.5) is 5.69 Å². The maximum Gasteiger partial charge on any atom is 0.338 e. The molecule has 0 aliphatic rings. The van der Waals surface area contributed by atoms with E-state index in [0.29, 0.717) is 23.8 Å². The van der Waals surface area contributed by atoms with Crippen molar-refractivity contribution in [3.8, 4) is 0 Å². The van der Waals surface area contributed by atoms with Crippen molar-refractivity contribution < 1.29 is 9.53 Å². The molecule has 19 heavy (non-hydrogen) atoms. The monoisotopic (exact) mass is 327 g/mol. The van der Waals surface area contributed by atoms with Gasteiger partial charge >= 0.3 is 5.97 Å². The number of nitrogens with two attached hydrogens (primary N) is 1. The molecule has 0 bridgehead atoms. The Bertz CT molecular complexity index is 421. The lowest BCUT2D eigenvalue weighted by Crippen LogP contribution is -2.14. The summed E-state index contributed by atoms with van der Waals surface area (Å²) in [6, 6.07) is 5.09. The predicted octanol–water partition coefficient (Wildman–Crippen LogP) is 4.40. The highest BCUT2D eigenvalue weighted by Crippen LogP contribution is 2.21. The number of carbonyl (C=O) groups is 1. The van der Waals surface area contributed by atoms with E-state index in [1.807, 2.05) is 0 Å². The number of hydrogen-bond acceptors (Lipinski definition) is 3. The fourth-order valence-electron chi connectivity index (χ4n) is 1.83. The Morgan fingerprint density at radius 2 is 2.16 bits per heavy atom. The second-order valence-electron chi connectivity index (χ2n) is 4.75. The molecule has 4 heteroatoms. The van der Waals surface area contributed by atoms with Gasteiger partial charge in [0.1, 0.15) is 0 Å². The molecule has 106 valence electrons. The largest absolute Gasteiger partial charge is 0.462 e. The van der Waals surface area contributed by atoms with E-state index < -0.39 is 0 Å². The average Bonchev–Trinajstić information content (AvgIpc) is 2.41. The van der Waals surface area contributed by atoms with E-state index in [1.54, 1.807) is 18.2 Å². The number of carbonyl (C=O) groups excluding carboxylic acids is 1. The summed E-state index contributed by atoms with van der Waals surface area (Å²) in [6.45, 7) is 4.80. The van der Waals surface area contributed by atoms with Crippen LogP contribution in [0, 0.1) is 5.92 Å². The van der Waals surface area contributed by atoms with E-state index in [9.17, 15) is 4.79 Å². The number of unbranched alkanes of at least 4 members (excludes halogenated alkanes) is 1. The van der Waals surface area contributed by atoms with Crippen LogP contribution in [0.15, 0.2) is 22.7 Å². The molecular weight excluding hydrogens is 306 g/mol. The zero-order valence-electron chi connectivity index (χ0n) is 11.6. The number of benzene rings is 1. The van der Waals surface area contributed by atoms with Gasteiger partial charge in [-0.25, -0.2) is 4.79 Å². The summed E-state index contributed by atoms with van der Waals surface area (Å²) in [5.74, 6) is 0.178. The number of anilines is 1. The number of ether oxygens (including phenoxy) is 1. The Morgan fingerprint density at radius 3 is 2.74 bits per heavy atom. The smallest absolute Gasteiger partial charge is 0.338 e. The summed E-state index contributed by atoms with van der Waals surface area (Å²) >= 11 is 3.31. The van der Waals surface area contributed by atoms with Crippen molar-refractivity contribution in [2.75, 3.05) is 12.3 Å². The molecule has 0 spiro atoms. The number of nitrogen functional groups attached to an aromatic ring is 1. The summed E-state index contributed by atoms with van der Waals surface area (Å²) < 4.78 is 6.09. The maximum atomic E-state index is 11.9. The molecule has 0 aliphatic carbocycles. The number of hydrogen-bond donors (Lipinski definition) is 1. The van der Waals surface area contributed by atoms with E-state index in [2.05, 4.69) is 29.8 Å². The van der Waals surface area contributed by atoms with Crippen LogP contribution >= 0.6 is 15.9 Å². The third-order valence-electron chi connectivity index (χ3n) is 3.23. The fourth-order valence-corrected chi connectivity index (χ4v) is 2.21. The summed E-state index contributed by atoms with van der Waals surface area (Å²) in [5.41, 5.74) is 6.84. The van der Waals surface area contributed by atoms with E-state index in [4.69, 9.17) is 10.5 Å². The van der Waals surface area contributed by atoms with E-state index in [-0.39, 0.29) is 5.97 Å². The molecule has 1 aromatic carbocycles. The summed E-state index contributed by atoms with van der Waals surface area (Å²) in [5, 5.41) is 0. The van der Waals surface area contributed by atoms with Crippen molar-refractivity contribution >= 4 is 27.6 Å². The first-order chi connectivity index (χ1) is 9.08. The van der Waals surface area contributed by atoms with Crippen molar-refractivity contribution in [1.29, 1.82) is 0 Å². The molecule has 1 atom stereocenters. The summed E-state index contributed by atoms with van der Waals surface area (Å²) in [6.07, 6.45) is 4.52. The molecule has 0 fully saturated rings. The summed E-state index contributed by atoms with van der Waals surface area (Å²) in [4.78, 5) is 11.9. The van der Waals surface area contributed by atoms with Crippen LogP contribution in [-0.2, 0) is 4.74 Å². The third kappa shape index (κ3) is 5.23. The van der Waals surface area contributed by atoms with Gasteiger partial charge in [-0.05, 0) is 46.5 Å². The summed E-state index contributed by atoms with van der Waals surface area (Å²) in [7, 11) is 0. The minimum Gasteiger partial charge on any atom is -0.462 e. The molecular formula is C15H22BrNO2. The Labute approximate surface area is 123 Å². The molecule has 1 rings (SSSR count). The molecule has 0 heterocycles. The molecule has 0 amide bonds. The van der Waals surface area contributed by atoms with Crippen LogP contribution in [0.1, 0.15) is 49.9 Å². The van der Waals surface area contributed by atoms with Crippen LogP contribution in [0.2, 0.25) is 0 Å². The molecule has 0 radical (unpaired) electrons. The normalized spacial score (nSPS) is 12.2. The lowest BCUT2D eigenvalue weighted by atomic mass is 10.0. The van der Waals surface area contributed by atoms with Gasteiger partial charge in [0.2, 0.25) is 0 Å². The van der Waals surface area contributed by atoms with Crippen molar-refractivity contribution in [3.05, 3.63) is 28.2 Å². The van der Waals surface area contributed by atoms with E-state index in [1.165, 1.54) is 12.8 Å². The Morgan fingerprint density at radius 1 is 1.42 bits per heavy atom. The van der Waals surface area contributed by atoms with Crippen molar-refractivity contribution in [1.82, 2.24) is 0 Å². The highest BCUT2D eigenvalue weighted by Gasteiger charge is 2.12. The SMILES string of the molecule is CCCCC(CC)COC(=O)c1ccc(N)c(Br)c1. The van der Waals surface area contributed by atoms with Gasteiger partial charge in [0.05, 0.1) is 12.2 Å². The van der Waals surface area contributed by atoms with Crippen LogP contribution in [-0.4, -0.2) is 12.6 Å². The lowest BCUT2D eigenvalue weighted by Gasteiger charge is -2.14. The molecule has 1 unspecified atom stereocenters. The van der Waals surface area contributed by atoms with Gasteiger partial charge in [0, 0.05) is 10.2 Å². The highest BCUT2D eigenvalue weighted by molar-refractivity contribution is 9.10. The van der Waals surface area contributed by atoms with Gasteiger partial charge in [0.15, 0.2) is 0 Å². The van der Waals surface area contributed by atoms with Gasteiger partial charge in [-0.2, -0.15) is 0 Å². The standard InChI is InChI=1S/C15H22BrNO2/c1-3-5-6-11(4-2)10-19-15(18)12-7-8-14(17)13(16)9-12/h7-9,11H,3-6,10,17H2,1-2H3. The van der Waals surface area contributed by atoms with Crippen LogP contribution < -0.4 is 5.73 Å². The molecule has 0 saturated heterocycles. The van der Waals surface area contributed by atoms with Gasteiger partial charge < -0.3 is 10.5 Å². The molecule has 3 nitrogen and oxygen atoms in total. The van der Waals surface area contributed by atoms with Gasteiger partial charge in [-0.15, -0.1) is 0 Å². The highest BCUT2D eigenvalue weighted by atomic mass is 79.9. The zero-order chi connectivity index (χ0) is 14.3. The van der Waals surface area contributed by atoms with Gasteiger partial charge in [0.25, 0.3) is 0 Å². The minimum atomic E-state index is -0.282. The van der Waals surface area contributed by atoms with Crippen molar-refractivity contribution in [3.63, 3.8) is 0 Å². The Kier molecular flexibility index (Phi) is 6.92. The molecule has 2 N–H and O–H groups in total. The second kappa shape index (κ2) is 8.20. The minimum absolute atomic E-state index is 0.282. The predicted molar refractivity (Wildman–Crippen MR) is 82.1 cm³/mol. The zero-order valence-corrected chi connectivity index (χ0v) is 13.2. The second-order valence-corrected chi connectivity index (χ2v) is 5.61.